The van der Waals surface area contributed by atoms with Crippen LogP contribution in [0.3, 0.4) is 0 Å². The molecule has 0 aliphatic carbocycles. The third-order valence-corrected chi connectivity index (χ3v) is 7.90. The van der Waals surface area contributed by atoms with Crippen molar-refractivity contribution in [2.75, 3.05) is 6.61 Å². The number of ether oxygens (including phenoxy) is 3. The number of hydrogen-bond donors (Lipinski definition) is 1. The van der Waals surface area contributed by atoms with Gasteiger partial charge in [-0.1, -0.05) is 72.8 Å². The largest absolute Gasteiger partial charge is 0.392 e. The number of benzene rings is 3. The molecule has 172 valence electrons. The van der Waals surface area contributed by atoms with Crippen LogP contribution in [0.15, 0.2) is 78.9 Å². The Morgan fingerprint density at radius 1 is 0.909 bits per heavy atom. The van der Waals surface area contributed by atoms with E-state index in [-0.39, 0.29) is 18.0 Å². The SMILES string of the molecule is OCc1ccc2c(c1)C1(CC(OCc3ccccc3)CC(COCc3ccccc3)S1)OC2. The third-order valence-electron chi connectivity index (χ3n) is 6.35. The van der Waals surface area contributed by atoms with Crippen LogP contribution < -0.4 is 0 Å². The van der Waals surface area contributed by atoms with Gasteiger partial charge >= 0.3 is 0 Å². The van der Waals surface area contributed by atoms with Crippen molar-refractivity contribution in [2.24, 2.45) is 0 Å². The molecule has 33 heavy (non-hydrogen) atoms. The van der Waals surface area contributed by atoms with E-state index in [4.69, 9.17) is 14.2 Å². The first-order chi connectivity index (χ1) is 16.2. The summed E-state index contributed by atoms with van der Waals surface area (Å²) >= 11 is 1.86. The molecule has 0 radical (unpaired) electrons. The average Bonchev–Trinajstić information content (AvgIpc) is 3.20. The Bertz CT molecular complexity index is 1040. The molecule has 1 N–H and O–H groups in total. The molecule has 5 rings (SSSR count). The van der Waals surface area contributed by atoms with Gasteiger partial charge in [0.15, 0.2) is 0 Å². The van der Waals surface area contributed by atoms with Gasteiger partial charge in [-0.25, -0.2) is 0 Å². The molecule has 1 saturated heterocycles. The lowest BCUT2D eigenvalue weighted by atomic mass is 9.95. The van der Waals surface area contributed by atoms with Crippen molar-refractivity contribution in [3.63, 3.8) is 0 Å². The first-order valence-corrected chi connectivity index (χ1v) is 12.4. The monoisotopic (exact) mass is 462 g/mol. The molecular weight excluding hydrogens is 432 g/mol. The summed E-state index contributed by atoms with van der Waals surface area (Å²) in [6, 6.07) is 26.8. The van der Waals surface area contributed by atoms with Gasteiger partial charge in [0.25, 0.3) is 0 Å². The summed E-state index contributed by atoms with van der Waals surface area (Å²) in [4.78, 5) is -0.457. The van der Waals surface area contributed by atoms with E-state index in [1.165, 1.54) is 22.3 Å². The molecule has 2 heterocycles. The van der Waals surface area contributed by atoms with Crippen LogP contribution in [0, 0.1) is 0 Å². The van der Waals surface area contributed by atoms with Gasteiger partial charge in [-0.05, 0) is 40.3 Å². The molecule has 0 amide bonds. The lowest BCUT2D eigenvalue weighted by molar-refractivity contribution is -0.0495. The normalized spacial score (nSPS) is 24.2. The van der Waals surface area contributed by atoms with E-state index in [1.807, 2.05) is 54.2 Å². The summed E-state index contributed by atoms with van der Waals surface area (Å²) in [6.07, 6.45) is 1.79. The summed E-state index contributed by atoms with van der Waals surface area (Å²) in [5.74, 6) is 0. The summed E-state index contributed by atoms with van der Waals surface area (Å²) in [6.45, 7) is 2.47. The second-order valence-electron chi connectivity index (χ2n) is 8.79. The first-order valence-electron chi connectivity index (χ1n) is 11.6. The van der Waals surface area contributed by atoms with Gasteiger partial charge in [0.1, 0.15) is 4.93 Å². The van der Waals surface area contributed by atoms with Crippen LogP contribution in [0.25, 0.3) is 0 Å². The Morgan fingerprint density at radius 2 is 1.64 bits per heavy atom. The van der Waals surface area contributed by atoms with Crippen LogP contribution in [0.5, 0.6) is 0 Å². The van der Waals surface area contributed by atoms with E-state index < -0.39 is 4.93 Å². The Hall–Kier alpha value is -2.15. The fraction of sp³-hybridized carbons (Fsp3) is 0.357. The van der Waals surface area contributed by atoms with Gasteiger partial charge < -0.3 is 19.3 Å². The van der Waals surface area contributed by atoms with Crippen molar-refractivity contribution in [3.8, 4) is 0 Å². The van der Waals surface area contributed by atoms with Crippen LogP contribution in [0.1, 0.15) is 40.7 Å². The van der Waals surface area contributed by atoms with E-state index in [0.717, 1.165) is 18.4 Å². The Morgan fingerprint density at radius 3 is 2.36 bits per heavy atom. The van der Waals surface area contributed by atoms with Gasteiger partial charge in [-0.2, -0.15) is 0 Å². The van der Waals surface area contributed by atoms with E-state index in [2.05, 4.69) is 36.4 Å². The zero-order valence-corrected chi connectivity index (χ0v) is 19.5. The molecule has 2 aliphatic rings. The highest BCUT2D eigenvalue weighted by Gasteiger charge is 2.48. The number of aliphatic hydroxyl groups excluding tert-OH is 1. The van der Waals surface area contributed by atoms with E-state index in [0.29, 0.717) is 26.4 Å². The number of thioether (sulfide) groups is 1. The molecule has 3 aromatic carbocycles. The smallest absolute Gasteiger partial charge is 0.142 e. The molecule has 2 aliphatic heterocycles. The van der Waals surface area contributed by atoms with Crippen molar-refractivity contribution in [1.29, 1.82) is 0 Å². The maximum atomic E-state index is 9.70. The quantitative estimate of drug-likeness (QED) is 0.475. The topological polar surface area (TPSA) is 47.9 Å². The molecule has 3 atom stereocenters. The van der Waals surface area contributed by atoms with Gasteiger partial charge in [0.2, 0.25) is 0 Å². The Balaban J connectivity index is 1.32. The highest BCUT2D eigenvalue weighted by atomic mass is 32.2. The fourth-order valence-electron chi connectivity index (χ4n) is 4.68. The Kier molecular flexibility index (Phi) is 7.14. The average molecular weight is 463 g/mol. The van der Waals surface area contributed by atoms with Gasteiger partial charge in [-0.3, -0.25) is 0 Å². The van der Waals surface area contributed by atoms with Gasteiger partial charge in [-0.15, -0.1) is 11.8 Å². The zero-order valence-electron chi connectivity index (χ0n) is 18.7. The van der Waals surface area contributed by atoms with Crippen LogP contribution in [-0.2, 0) is 45.6 Å². The minimum absolute atomic E-state index is 0.0333. The number of aliphatic hydroxyl groups is 1. The predicted octanol–water partition coefficient (Wildman–Crippen LogP) is 5.56. The zero-order chi connectivity index (χ0) is 22.5. The Labute approximate surface area is 199 Å². The van der Waals surface area contributed by atoms with Crippen molar-refractivity contribution in [2.45, 2.75) is 55.6 Å². The van der Waals surface area contributed by atoms with Crippen molar-refractivity contribution < 1.29 is 19.3 Å². The third kappa shape index (κ3) is 5.34. The van der Waals surface area contributed by atoms with E-state index >= 15 is 0 Å². The molecule has 0 saturated carbocycles. The molecule has 1 spiro atoms. The van der Waals surface area contributed by atoms with Gasteiger partial charge in [0, 0.05) is 11.7 Å². The highest BCUT2D eigenvalue weighted by Crippen LogP contribution is 2.54. The van der Waals surface area contributed by atoms with Gasteiger partial charge in [0.05, 0.1) is 39.1 Å². The minimum atomic E-state index is -0.457. The minimum Gasteiger partial charge on any atom is -0.392 e. The molecule has 4 nitrogen and oxygen atoms in total. The summed E-state index contributed by atoms with van der Waals surface area (Å²) in [5.41, 5.74) is 5.66. The second kappa shape index (κ2) is 10.4. The number of fused-ring (bicyclic) bond motifs is 2. The van der Waals surface area contributed by atoms with E-state index in [1.54, 1.807) is 0 Å². The fourth-order valence-corrected chi connectivity index (χ4v) is 6.42. The number of rotatable bonds is 8. The van der Waals surface area contributed by atoms with Crippen molar-refractivity contribution >= 4 is 11.8 Å². The first kappa shape index (κ1) is 22.6. The molecule has 3 aromatic rings. The lowest BCUT2D eigenvalue weighted by Crippen LogP contribution is -2.39. The molecule has 5 heteroatoms. The summed E-state index contributed by atoms with van der Waals surface area (Å²) in [7, 11) is 0. The maximum absolute atomic E-state index is 9.70. The van der Waals surface area contributed by atoms with Crippen LogP contribution in [0.2, 0.25) is 0 Å². The molecule has 0 bridgehead atoms. The number of hydrogen-bond acceptors (Lipinski definition) is 5. The standard InChI is InChI=1S/C28H30O4S/c29-16-23-11-12-24-19-32-28(27(24)13-23)15-25(31-18-22-9-5-2-6-10-22)14-26(33-28)20-30-17-21-7-3-1-4-8-21/h1-13,25-26,29H,14-20H2. The predicted molar refractivity (Wildman–Crippen MR) is 131 cm³/mol. The van der Waals surface area contributed by atoms with Crippen LogP contribution in [0.4, 0.5) is 0 Å². The summed E-state index contributed by atoms with van der Waals surface area (Å²) in [5, 5.41) is 9.96. The molecule has 1 fully saturated rings. The lowest BCUT2D eigenvalue weighted by Gasteiger charge is -2.41. The van der Waals surface area contributed by atoms with Crippen molar-refractivity contribution in [1.82, 2.24) is 0 Å². The van der Waals surface area contributed by atoms with Crippen LogP contribution in [-0.4, -0.2) is 23.1 Å². The summed E-state index contributed by atoms with van der Waals surface area (Å²) < 4.78 is 19.0. The second-order valence-corrected chi connectivity index (χ2v) is 10.4. The maximum Gasteiger partial charge on any atom is 0.142 e. The van der Waals surface area contributed by atoms with Crippen molar-refractivity contribution in [3.05, 3.63) is 107 Å². The molecule has 0 aromatic heterocycles. The van der Waals surface area contributed by atoms with E-state index in [9.17, 15) is 5.11 Å². The molecular formula is C28H30O4S. The molecule has 3 unspecified atom stereocenters. The van der Waals surface area contributed by atoms with Crippen LogP contribution >= 0.6 is 11.8 Å². The highest BCUT2D eigenvalue weighted by molar-refractivity contribution is 8.00.